The number of alkyl halides is 1. The van der Waals surface area contributed by atoms with Crippen LogP contribution in [0.4, 0.5) is 0 Å². The van der Waals surface area contributed by atoms with E-state index >= 15 is 0 Å². The van der Waals surface area contributed by atoms with E-state index in [1.165, 1.54) is 26.1 Å². The van der Waals surface area contributed by atoms with Gasteiger partial charge in [-0.25, -0.2) is 0 Å². The second-order valence-corrected chi connectivity index (χ2v) is 5.63. The van der Waals surface area contributed by atoms with Gasteiger partial charge >= 0.3 is 0 Å². The van der Waals surface area contributed by atoms with Crippen LogP contribution in [0.5, 0.6) is 0 Å². The highest BCUT2D eigenvalue weighted by molar-refractivity contribution is 9.09. The van der Waals surface area contributed by atoms with E-state index in [4.69, 9.17) is 0 Å². The summed E-state index contributed by atoms with van der Waals surface area (Å²) < 4.78 is 0. The zero-order chi connectivity index (χ0) is 8.77. The zero-order valence-electron chi connectivity index (χ0n) is 8.02. The van der Waals surface area contributed by atoms with Gasteiger partial charge in [-0.1, -0.05) is 29.8 Å². The Bertz CT molecular complexity index is 165. The van der Waals surface area contributed by atoms with Gasteiger partial charge in [0.1, 0.15) is 0 Å². The second-order valence-electron chi connectivity index (χ2n) is 4.84. The first-order valence-corrected chi connectivity index (χ1v) is 6.06. The van der Waals surface area contributed by atoms with Crippen molar-refractivity contribution in [3.05, 3.63) is 0 Å². The molecule has 1 nitrogen and oxygen atoms in total. The Hall–Kier alpha value is 0.440. The lowest BCUT2D eigenvalue weighted by Gasteiger charge is -2.20. The van der Waals surface area contributed by atoms with Gasteiger partial charge in [-0.3, -0.25) is 0 Å². The lowest BCUT2D eigenvalue weighted by atomic mass is 10.1. The molecule has 2 unspecified atom stereocenters. The molecular formula is C10H18BrN. The third kappa shape index (κ3) is 1.33. The van der Waals surface area contributed by atoms with Gasteiger partial charge in [0.05, 0.1) is 0 Å². The smallest absolute Gasteiger partial charge is 0.00434 e. The van der Waals surface area contributed by atoms with Crippen molar-refractivity contribution < 1.29 is 0 Å². The third-order valence-corrected chi connectivity index (χ3v) is 4.37. The highest BCUT2D eigenvalue weighted by Crippen LogP contribution is 2.61. The fourth-order valence-electron chi connectivity index (χ4n) is 2.68. The summed E-state index contributed by atoms with van der Waals surface area (Å²) in [4.78, 5) is 2.63. The summed E-state index contributed by atoms with van der Waals surface area (Å²) in [5.74, 6) is 2.04. The fourth-order valence-corrected chi connectivity index (χ4v) is 2.93. The van der Waals surface area contributed by atoms with Crippen molar-refractivity contribution in [2.24, 2.45) is 17.3 Å². The van der Waals surface area contributed by atoms with Gasteiger partial charge in [0.25, 0.3) is 0 Å². The van der Waals surface area contributed by atoms with Crippen molar-refractivity contribution in [2.75, 3.05) is 25.0 Å². The summed E-state index contributed by atoms with van der Waals surface area (Å²) in [6, 6.07) is 0. The van der Waals surface area contributed by atoms with E-state index in [0.717, 1.165) is 17.2 Å². The number of rotatable bonds is 3. The average Bonchev–Trinajstić information content (AvgIpc) is 2.51. The van der Waals surface area contributed by atoms with E-state index in [2.05, 4.69) is 34.7 Å². The van der Waals surface area contributed by atoms with Crippen molar-refractivity contribution in [3.8, 4) is 0 Å². The van der Waals surface area contributed by atoms with Crippen LogP contribution in [0.2, 0.25) is 0 Å². The van der Waals surface area contributed by atoms with Crippen LogP contribution in [0.15, 0.2) is 0 Å². The molecule has 2 atom stereocenters. The summed E-state index contributed by atoms with van der Waals surface area (Å²) in [5.41, 5.74) is 0.685. The lowest BCUT2D eigenvalue weighted by molar-refractivity contribution is 0.260. The van der Waals surface area contributed by atoms with Crippen molar-refractivity contribution in [2.45, 2.75) is 20.3 Å². The van der Waals surface area contributed by atoms with Gasteiger partial charge in [-0.05, 0) is 30.2 Å². The molecule has 1 aliphatic carbocycles. The van der Waals surface area contributed by atoms with Crippen LogP contribution in [0.25, 0.3) is 0 Å². The molecule has 1 saturated heterocycles. The van der Waals surface area contributed by atoms with E-state index in [0.29, 0.717) is 5.41 Å². The molecule has 2 aliphatic rings. The number of hydrogen-bond donors (Lipinski definition) is 0. The summed E-state index contributed by atoms with van der Waals surface area (Å²) >= 11 is 3.48. The highest BCUT2D eigenvalue weighted by atomic mass is 79.9. The molecule has 1 saturated carbocycles. The van der Waals surface area contributed by atoms with Gasteiger partial charge in [0.2, 0.25) is 0 Å². The Morgan fingerprint density at radius 3 is 2.42 bits per heavy atom. The Labute approximate surface area is 83.6 Å². The highest BCUT2D eigenvalue weighted by Gasteiger charge is 2.61. The first-order valence-electron chi connectivity index (χ1n) is 4.94. The summed E-state index contributed by atoms with van der Waals surface area (Å²) in [5, 5.41) is 1.15. The molecule has 0 radical (unpaired) electrons. The molecule has 70 valence electrons. The largest absolute Gasteiger partial charge is 0.303 e. The van der Waals surface area contributed by atoms with Gasteiger partial charge in [-0.15, -0.1) is 0 Å². The van der Waals surface area contributed by atoms with E-state index in [1.807, 2.05) is 0 Å². The number of halogens is 1. The first kappa shape index (κ1) is 9.01. The topological polar surface area (TPSA) is 3.24 Å². The molecule has 0 spiro atoms. The van der Waals surface area contributed by atoms with E-state index in [1.54, 1.807) is 0 Å². The Morgan fingerprint density at radius 1 is 1.33 bits per heavy atom. The number of nitrogens with zero attached hydrogens (tertiary/aromatic N) is 1. The van der Waals surface area contributed by atoms with Gasteiger partial charge < -0.3 is 4.90 Å². The molecule has 1 heterocycles. The van der Waals surface area contributed by atoms with Gasteiger partial charge in [-0.2, -0.15) is 0 Å². The molecule has 2 heteroatoms. The predicted molar refractivity (Wildman–Crippen MR) is 55.6 cm³/mol. The minimum Gasteiger partial charge on any atom is -0.303 e. The maximum atomic E-state index is 3.48. The average molecular weight is 232 g/mol. The van der Waals surface area contributed by atoms with Crippen LogP contribution in [0.3, 0.4) is 0 Å². The monoisotopic (exact) mass is 231 g/mol. The van der Waals surface area contributed by atoms with E-state index in [-0.39, 0.29) is 0 Å². The molecule has 1 aliphatic heterocycles. The summed E-state index contributed by atoms with van der Waals surface area (Å²) in [6.07, 6.45) is 1.31. The maximum absolute atomic E-state index is 3.48. The summed E-state index contributed by atoms with van der Waals surface area (Å²) in [6.45, 7) is 8.87. The molecule has 0 aromatic carbocycles. The minimum absolute atomic E-state index is 0.685. The quantitative estimate of drug-likeness (QED) is 0.675. The lowest BCUT2D eigenvalue weighted by Crippen LogP contribution is -2.27. The molecule has 0 amide bonds. The molecule has 2 fully saturated rings. The van der Waals surface area contributed by atoms with Gasteiger partial charge in [0, 0.05) is 18.4 Å². The summed E-state index contributed by atoms with van der Waals surface area (Å²) in [7, 11) is 0. The first-order chi connectivity index (χ1) is 5.66. The SMILES string of the molecule is CC1(C)C2CN(CCCBr)CC21. The molecule has 0 bridgehead atoms. The van der Waals surface area contributed by atoms with Crippen molar-refractivity contribution in [1.82, 2.24) is 4.90 Å². The molecule has 0 aromatic rings. The Kier molecular flexibility index (Phi) is 2.24. The van der Waals surface area contributed by atoms with E-state index in [9.17, 15) is 0 Å². The van der Waals surface area contributed by atoms with E-state index < -0.39 is 0 Å². The maximum Gasteiger partial charge on any atom is 0.00434 e. The van der Waals surface area contributed by atoms with Crippen LogP contribution in [-0.2, 0) is 0 Å². The van der Waals surface area contributed by atoms with Gasteiger partial charge in [0.15, 0.2) is 0 Å². The molecular weight excluding hydrogens is 214 g/mol. The minimum atomic E-state index is 0.685. The standard InChI is InChI=1S/C10H18BrN/c1-10(2)8-6-12(5-3-4-11)7-9(8)10/h8-9H,3-7H2,1-2H3. The molecule has 0 aromatic heterocycles. The number of piperidine rings is 1. The normalized spacial score (nSPS) is 38.2. The molecule has 12 heavy (non-hydrogen) atoms. The third-order valence-electron chi connectivity index (χ3n) is 3.81. The number of hydrogen-bond acceptors (Lipinski definition) is 1. The van der Waals surface area contributed by atoms with Crippen molar-refractivity contribution in [3.63, 3.8) is 0 Å². The van der Waals surface area contributed by atoms with Crippen LogP contribution in [0.1, 0.15) is 20.3 Å². The number of likely N-dealkylation sites (tertiary alicyclic amines) is 1. The number of fused-ring (bicyclic) bond motifs is 1. The molecule has 2 rings (SSSR count). The molecule has 0 N–H and O–H groups in total. The Balaban J connectivity index is 1.75. The predicted octanol–water partition coefficient (Wildman–Crippen LogP) is 2.36. The van der Waals surface area contributed by atoms with Crippen molar-refractivity contribution >= 4 is 15.9 Å². The fraction of sp³-hybridized carbons (Fsp3) is 1.00. The van der Waals surface area contributed by atoms with Crippen LogP contribution in [0, 0.1) is 17.3 Å². The Morgan fingerprint density at radius 2 is 1.92 bits per heavy atom. The second kappa shape index (κ2) is 2.98. The van der Waals surface area contributed by atoms with Crippen molar-refractivity contribution in [1.29, 1.82) is 0 Å². The van der Waals surface area contributed by atoms with Crippen LogP contribution in [-0.4, -0.2) is 29.9 Å². The zero-order valence-corrected chi connectivity index (χ0v) is 9.60. The van der Waals surface area contributed by atoms with Crippen LogP contribution < -0.4 is 0 Å². The van der Waals surface area contributed by atoms with Crippen LogP contribution >= 0.6 is 15.9 Å².